The smallest absolute Gasteiger partial charge is 0.254 e. The van der Waals surface area contributed by atoms with E-state index in [-0.39, 0.29) is 12.3 Å². The highest BCUT2D eigenvalue weighted by Crippen LogP contribution is 2.28. The van der Waals surface area contributed by atoms with Crippen LogP contribution >= 0.6 is 11.6 Å². The minimum Gasteiger partial charge on any atom is -0.367 e. The summed E-state index contributed by atoms with van der Waals surface area (Å²) in [6, 6.07) is 6.67. The van der Waals surface area contributed by atoms with Crippen LogP contribution < -0.4 is 10.6 Å². The molecule has 30 heavy (non-hydrogen) atoms. The number of carbonyl (C=O) groups excluding carboxylic acids is 2. The van der Waals surface area contributed by atoms with E-state index in [1.165, 1.54) is 12.1 Å². The number of amides is 2. The van der Waals surface area contributed by atoms with Crippen molar-refractivity contribution in [3.8, 4) is 0 Å². The molecule has 9 heteroatoms. The number of hydrogen-bond donors (Lipinski definition) is 2. The minimum absolute atomic E-state index is 0.0326. The molecule has 3 heterocycles. The molecule has 1 saturated heterocycles. The Morgan fingerprint density at radius 1 is 1.27 bits per heavy atom. The molecule has 0 bridgehead atoms. The number of benzene rings is 1. The summed E-state index contributed by atoms with van der Waals surface area (Å²) in [5.74, 6) is -0.352. The Morgan fingerprint density at radius 3 is 2.80 bits per heavy atom. The van der Waals surface area contributed by atoms with E-state index in [9.17, 15) is 14.0 Å². The van der Waals surface area contributed by atoms with Gasteiger partial charge in [0.2, 0.25) is 5.91 Å². The number of imide groups is 1. The van der Waals surface area contributed by atoms with Gasteiger partial charge in [-0.05, 0) is 42.7 Å². The second-order valence-corrected chi connectivity index (χ2v) is 8.00. The number of hydrogen-bond acceptors (Lipinski definition) is 5. The van der Waals surface area contributed by atoms with Gasteiger partial charge in [-0.2, -0.15) is 9.61 Å². The first kappa shape index (κ1) is 18.7. The molecule has 152 valence electrons. The fourth-order valence-corrected chi connectivity index (χ4v) is 3.74. The van der Waals surface area contributed by atoms with Crippen LogP contribution in [0.25, 0.3) is 11.7 Å². The van der Waals surface area contributed by atoms with Gasteiger partial charge < -0.3 is 5.32 Å². The van der Waals surface area contributed by atoms with Gasteiger partial charge in [0, 0.05) is 34.7 Å². The van der Waals surface area contributed by atoms with E-state index in [0.717, 1.165) is 18.7 Å². The van der Waals surface area contributed by atoms with Gasteiger partial charge in [-0.1, -0.05) is 11.6 Å². The van der Waals surface area contributed by atoms with Crippen molar-refractivity contribution in [1.82, 2.24) is 19.9 Å². The molecule has 2 N–H and O–H groups in total. The first-order valence-electron chi connectivity index (χ1n) is 9.58. The van der Waals surface area contributed by atoms with Crippen LogP contribution in [-0.4, -0.2) is 32.5 Å². The third-order valence-electron chi connectivity index (χ3n) is 5.01. The highest BCUT2D eigenvalue weighted by molar-refractivity contribution is 6.30. The quantitative estimate of drug-likeness (QED) is 0.484. The maximum atomic E-state index is 13.7. The molecule has 2 aromatic heterocycles. The molecule has 1 aromatic carbocycles. The van der Waals surface area contributed by atoms with Gasteiger partial charge in [-0.3, -0.25) is 14.9 Å². The van der Waals surface area contributed by atoms with E-state index >= 15 is 0 Å². The lowest BCUT2D eigenvalue weighted by Crippen LogP contribution is -2.19. The van der Waals surface area contributed by atoms with Gasteiger partial charge in [0.1, 0.15) is 11.6 Å². The standard InChI is InChI=1S/C21H17ClFN5O2/c22-14-3-11(4-15(23)8-14)5-17-9-18(25-16-1-2-16)28-20(26-17)13(10-24-28)6-12-7-19(29)27-21(12)30/h3-4,6,8-10,16,25H,1-2,5,7H2,(H,27,29,30)/b12-6+. The molecule has 1 saturated carbocycles. The number of fused-ring (bicyclic) bond motifs is 1. The van der Waals surface area contributed by atoms with Crippen LogP contribution in [0.1, 0.15) is 36.1 Å². The molecular weight excluding hydrogens is 409 g/mol. The molecule has 1 aliphatic carbocycles. The molecule has 0 radical (unpaired) electrons. The first-order chi connectivity index (χ1) is 14.4. The molecule has 3 aromatic rings. The zero-order valence-electron chi connectivity index (χ0n) is 15.8. The van der Waals surface area contributed by atoms with Crippen LogP contribution in [0.15, 0.2) is 36.0 Å². The topological polar surface area (TPSA) is 88.4 Å². The van der Waals surface area contributed by atoms with Crippen LogP contribution in [0.4, 0.5) is 10.2 Å². The summed E-state index contributed by atoms with van der Waals surface area (Å²) in [6.07, 6.45) is 5.84. The molecule has 1 aliphatic heterocycles. The third-order valence-corrected chi connectivity index (χ3v) is 5.23. The van der Waals surface area contributed by atoms with E-state index < -0.39 is 11.7 Å². The van der Waals surface area contributed by atoms with E-state index in [1.54, 1.807) is 22.9 Å². The normalized spacial score (nSPS) is 17.7. The van der Waals surface area contributed by atoms with E-state index in [4.69, 9.17) is 16.6 Å². The molecule has 0 spiro atoms. The Labute approximate surface area is 175 Å². The summed E-state index contributed by atoms with van der Waals surface area (Å²) in [5.41, 5.74) is 2.97. The van der Waals surface area contributed by atoms with Crippen molar-refractivity contribution in [3.05, 3.63) is 63.7 Å². The predicted octanol–water partition coefficient (Wildman–Crippen LogP) is 3.12. The van der Waals surface area contributed by atoms with Gasteiger partial charge in [-0.25, -0.2) is 9.37 Å². The lowest BCUT2D eigenvalue weighted by atomic mass is 10.1. The predicted molar refractivity (Wildman–Crippen MR) is 110 cm³/mol. The molecule has 0 unspecified atom stereocenters. The van der Waals surface area contributed by atoms with Crippen molar-refractivity contribution in [2.45, 2.75) is 31.7 Å². The maximum Gasteiger partial charge on any atom is 0.254 e. The fraction of sp³-hybridized carbons (Fsp3) is 0.238. The van der Waals surface area contributed by atoms with Crippen LogP contribution in [0.3, 0.4) is 0 Å². The van der Waals surface area contributed by atoms with Crippen molar-refractivity contribution in [2.75, 3.05) is 5.32 Å². The molecule has 0 atom stereocenters. The summed E-state index contributed by atoms with van der Waals surface area (Å²) >= 11 is 5.99. The Bertz CT molecular complexity index is 1210. The van der Waals surface area contributed by atoms with Crippen LogP contribution in [-0.2, 0) is 16.0 Å². The van der Waals surface area contributed by atoms with E-state index in [0.29, 0.717) is 45.5 Å². The van der Waals surface area contributed by atoms with E-state index in [2.05, 4.69) is 15.7 Å². The SMILES string of the molecule is O=C1C/C(=C\c2cnn3c(NC4CC4)cc(Cc4cc(F)cc(Cl)c4)nc23)C(=O)N1. The van der Waals surface area contributed by atoms with Gasteiger partial charge in [-0.15, -0.1) is 0 Å². The Hall–Kier alpha value is -3.26. The number of rotatable bonds is 5. The van der Waals surface area contributed by atoms with Gasteiger partial charge in [0.25, 0.3) is 5.91 Å². The Morgan fingerprint density at radius 2 is 2.10 bits per heavy atom. The van der Waals surface area contributed by atoms with Crippen LogP contribution in [0.5, 0.6) is 0 Å². The average molecular weight is 426 g/mol. The second kappa shape index (κ2) is 7.21. The van der Waals surface area contributed by atoms with Crippen molar-refractivity contribution < 1.29 is 14.0 Å². The van der Waals surface area contributed by atoms with Gasteiger partial charge >= 0.3 is 0 Å². The number of nitrogens with zero attached hydrogens (tertiary/aromatic N) is 3. The lowest BCUT2D eigenvalue weighted by Gasteiger charge is -2.10. The summed E-state index contributed by atoms with van der Waals surface area (Å²) in [6.45, 7) is 0. The van der Waals surface area contributed by atoms with Crippen LogP contribution in [0, 0.1) is 5.82 Å². The Kier molecular flexibility index (Phi) is 4.51. The number of anilines is 1. The average Bonchev–Trinajstić information content (AvgIpc) is 3.30. The number of aromatic nitrogens is 3. The minimum atomic E-state index is -0.402. The molecule has 2 fully saturated rings. The molecule has 2 aliphatic rings. The second-order valence-electron chi connectivity index (χ2n) is 7.56. The van der Waals surface area contributed by atoms with Gasteiger partial charge in [0.05, 0.1) is 18.3 Å². The molecular formula is C21H17ClFN5O2. The zero-order chi connectivity index (χ0) is 20.8. The summed E-state index contributed by atoms with van der Waals surface area (Å²) in [7, 11) is 0. The van der Waals surface area contributed by atoms with Crippen molar-refractivity contribution in [1.29, 1.82) is 0 Å². The maximum absolute atomic E-state index is 13.7. The van der Waals surface area contributed by atoms with Crippen molar-refractivity contribution in [2.24, 2.45) is 0 Å². The Balaban J connectivity index is 1.58. The fourth-order valence-electron chi connectivity index (χ4n) is 3.49. The van der Waals surface area contributed by atoms with Crippen molar-refractivity contribution >= 4 is 41.0 Å². The number of halogens is 2. The monoisotopic (exact) mass is 425 g/mol. The van der Waals surface area contributed by atoms with Gasteiger partial charge in [0.15, 0.2) is 5.65 Å². The molecule has 7 nitrogen and oxygen atoms in total. The first-order valence-corrected chi connectivity index (χ1v) is 9.96. The van der Waals surface area contributed by atoms with Crippen molar-refractivity contribution in [3.63, 3.8) is 0 Å². The summed E-state index contributed by atoms with van der Waals surface area (Å²) in [4.78, 5) is 28.1. The summed E-state index contributed by atoms with van der Waals surface area (Å²) in [5, 5.41) is 10.4. The number of nitrogens with one attached hydrogen (secondary N) is 2. The van der Waals surface area contributed by atoms with E-state index in [1.807, 2.05) is 6.07 Å². The zero-order valence-corrected chi connectivity index (χ0v) is 16.5. The number of carbonyl (C=O) groups is 2. The highest BCUT2D eigenvalue weighted by Gasteiger charge is 2.25. The highest BCUT2D eigenvalue weighted by atomic mass is 35.5. The lowest BCUT2D eigenvalue weighted by molar-refractivity contribution is -0.124. The largest absolute Gasteiger partial charge is 0.367 e. The molecule has 5 rings (SSSR count). The third kappa shape index (κ3) is 3.78. The van der Waals surface area contributed by atoms with Crippen LogP contribution in [0.2, 0.25) is 5.02 Å². The molecule has 2 amide bonds. The summed E-state index contributed by atoms with van der Waals surface area (Å²) < 4.78 is 15.4.